The van der Waals surface area contributed by atoms with Crippen molar-refractivity contribution in [1.29, 1.82) is 0 Å². The Kier molecular flexibility index (Phi) is 7.05. The Bertz CT molecular complexity index is 701. The highest BCUT2D eigenvalue weighted by Crippen LogP contribution is 2.22. The fraction of sp³-hybridized carbons (Fsp3) is 0.571. The van der Waals surface area contributed by atoms with Gasteiger partial charge in [0.05, 0.1) is 6.61 Å². The van der Waals surface area contributed by atoms with Crippen LogP contribution in [0.4, 0.5) is 4.79 Å². The molecule has 0 aliphatic carbocycles. The number of hydrogen-bond acceptors (Lipinski definition) is 4. The van der Waals surface area contributed by atoms with Crippen molar-refractivity contribution >= 4 is 17.9 Å². The van der Waals surface area contributed by atoms with Crippen molar-refractivity contribution in [1.82, 2.24) is 15.1 Å². The van der Waals surface area contributed by atoms with E-state index in [0.717, 1.165) is 5.56 Å². The molecule has 3 amide bonds. The smallest absolute Gasteiger partial charge is 0.409 e. The topological polar surface area (TPSA) is 79.0 Å². The summed E-state index contributed by atoms with van der Waals surface area (Å²) in [5, 5.41) is 2.77. The molecule has 0 radical (unpaired) electrons. The maximum absolute atomic E-state index is 12.6. The molecule has 1 saturated heterocycles. The van der Waals surface area contributed by atoms with Gasteiger partial charge in [-0.25, -0.2) is 4.79 Å². The number of piperazine rings is 1. The van der Waals surface area contributed by atoms with Gasteiger partial charge in [0.15, 0.2) is 0 Å². The predicted molar refractivity (Wildman–Crippen MR) is 107 cm³/mol. The molecule has 1 fully saturated rings. The number of rotatable bonds is 4. The Balaban J connectivity index is 1.88. The van der Waals surface area contributed by atoms with Crippen LogP contribution in [0.1, 0.15) is 50.5 Å². The Morgan fingerprint density at radius 2 is 1.57 bits per heavy atom. The molecule has 1 aliphatic rings. The van der Waals surface area contributed by atoms with Crippen molar-refractivity contribution in [2.75, 3.05) is 32.8 Å². The number of amides is 3. The lowest BCUT2D eigenvalue weighted by atomic mass is 9.86. The van der Waals surface area contributed by atoms with Crippen molar-refractivity contribution < 1.29 is 19.1 Å². The lowest BCUT2D eigenvalue weighted by molar-refractivity contribution is -0.134. The van der Waals surface area contributed by atoms with E-state index in [9.17, 15) is 14.4 Å². The van der Waals surface area contributed by atoms with E-state index in [-0.39, 0.29) is 23.3 Å². The van der Waals surface area contributed by atoms with Gasteiger partial charge in [0.2, 0.25) is 5.91 Å². The zero-order valence-corrected chi connectivity index (χ0v) is 17.4. The molecular weight excluding hydrogens is 358 g/mol. The molecule has 154 valence electrons. The average Bonchev–Trinajstić information content (AvgIpc) is 2.67. The van der Waals surface area contributed by atoms with Crippen LogP contribution in [0.25, 0.3) is 0 Å². The standard InChI is InChI=1S/C21H31N3O4/c1-6-28-20(27)24-13-11-23(12-14-24)19(26)15(2)22-18(25)16-7-9-17(10-8-16)21(3,4)5/h7-10,15H,6,11-14H2,1-5H3,(H,22,25)/t15-/m1/s1. The number of nitrogens with one attached hydrogen (secondary N) is 1. The summed E-state index contributed by atoms with van der Waals surface area (Å²) < 4.78 is 4.98. The molecule has 1 aromatic rings. The summed E-state index contributed by atoms with van der Waals surface area (Å²) in [6.07, 6.45) is -0.352. The average molecular weight is 389 g/mol. The number of hydrogen-bond donors (Lipinski definition) is 1. The van der Waals surface area contributed by atoms with Crippen LogP contribution in [-0.2, 0) is 14.9 Å². The molecule has 0 aromatic heterocycles. The minimum absolute atomic E-state index is 0.0178. The summed E-state index contributed by atoms with van der Waals surface area (Å²) >= 11 is 0. The number of carbonyl (C=O) groups is 3. The van der Waals surface area contributed by atoms with Gasteiger partial charge in [0.25, 0.3) is 5.91 Å². The summed E-state index contributed by atoms with van der Waals surface area (Å²) in [6, 6.07) is 6.81. The molecule has 0 unspecified atom stereocenters. The van der Waals surface area contributed by atoms with Crippen molar-refractivity contribution in [3.8, 4) is 0 Å². The van der Waals surface area contributed by atoms with Gasteiger partial charge in [-0.05, 0) is 37.0 Å². The van der Waals surface area contributed by atoms with Crippen LogP contribution in [0.5, 0.6) is 0 Å². The van der Waals surface area contributed by atoms with Crippen LogP contribution < -0.4 is 5.32 Å². The first-order valence-electron chi connectivity index (χ1n) is 9.75. The Hall–Kier alpha value is -2.57. The third kappa shape index (κ3) is 5.47. The number of nitrogens with zero attached hydrogens (tertiary/aromatic N) is 2. The van der Waals surface area contributed by atoms with Crippen LogP contribution in [-0.4, -0.2) is 66.5 Å². The second-order valence-electron chi connectivity index (χ2n) is 8.03. The quantitative estimate of drug-likeness (QED) is 0.858. The highest BCUT2D eigenvalue weighted by Gasteiger charge is 2.28. The van der Waals surface area contributed by atoms with Crippen LogP contribution in [0.3, 0.4) is 0 Å². The van der Waals surface area contributed by atoms with Crippen molar-refractivity contribution in [2.45, 2.75) is 46.1 Å². The van der Waals surface area contributed by atoms with E-state index < -0.39 is 6.04 Å². The fourth-order valence-corrected chi connectivity index (χ4v) is 3.06. The summed E-state index contributed by atoms with van der Waals surface area (Å²) in [7, 11) is 0. The Morgan fingerprint density at radius 1 is 1.04 bits per heavy atom. The van der Waals surface area contributed by atoms with Gasteiger partial charge < -0.3 is 19.9 Å². The van der Waals surface area contributed by atoms with E-state index >= 15 is 0 Å². The zero-order chi connectivity index (χ0) is 20.9. The van der Waals surface area contributed by atoms with Gasteiger partial charge in [-0.2, -0.15) is 0 Å². The summed E-state index contributed by atoms with van der Waals surface area (Å²) in [6.45, 7) is 11.8. The molecule has 1 aliphatic heterocycles. The van der Waals surface area contributed by atoms with E-state index in [1.54, 1.807) is 35.8 Å². The second kappa shape index (κ2) is 9.08. The summed E-state index contributed by atoms with van der Waals surface area (Å²) in [5.41, 5.74) is 1.69. The lowest BCUT2D eigenvalue weighted by Crippen LogP contribution is -2.55. The molecule has 1 N–H and O–H groups in total. The first-order chi connectivity index (χ1) is 13.1. The maximum atomic E-state index is 12.6. The van der Waals surface area contributed by atoms with Gasteiger partial charge in [0, 0.05) is 31.7 Å². The van der Waals surface area contributed by atoms with Gasteiger partial charge in [-0.1, -0.05) is 32.9 Å². The molecule has 1 aromatic carbocycles. The highest BCUT2D eigenvalue weighted by molar-refractivity contribution is 5.97. The molecule has 1 atom stereocenters. The maximum Gasteiger partial charge on any atom is 0.409 e. The molecule has 1 heterocycles. The van der Waals surface area contributed by atoms with Gasteiger partial charge in [0.1, 0.15) is 6.04 Å². The van der Waals surface area contributed by atoms with E-state index in [1.807, 2.05) is 12.1 Å². The Labute approximate surface area is 167 Å². The van der Waals surface area contributed by atoms with Gasteiger partial charge in [-0.15, -0.1) is 0 Å². The lowest BCUT2D eigenvalue weighted by Gasteiger charge is -2.35. The van der Waals surface area contributed by atoms with Crippen LogP contribution in [0.2, 0.25) is 0 Å². The predicted octanol–water partition coefficient (Wildman–Crippen LogP) is 2.40. The second-order valence-corrected chi connectivity index (χ2v) is 8.03. The largest absolute Gasteiger partial charge is 0.450 e. The molecule has 0 saturated carbocycles. The molecule has 28 heavy (non-hydrogen) atoms. The monoisotopic (exact) mass is 389 g/mol. The van der Waals surface area contributed by atoms with Crippen molar-refractivity contribution in [2.24, 2.45) is 0 Å². The third-order valence-corrected chi connectivity index (χ3v) is 4.85. The molecule has 0 bridgehead atoms. The number of ether oxygens (including phenoxy) is 1. The normalized spacial score (nSPS) is 15.8. The molecular formula is C21H31N3O4. The Morgan fingerprint density at radius 3 is 2.07 bits per heavy atom. The van der Waals surface area contributed by atoms with E-state index in [2.05, 4.69) is 26.1 Å². The first kappa shape index (κ1) is 21.7. The fourth-order valence-electron chi connectivity index (χ4n) is 3.06. The summed E-state index contributed by atoms with van der Waals surface area (Å²) in [4.78, 5) is 40.1. The number of carbonyl (C=O) groups excluding carboxylic acids is 3. The van der Waals surface area contributed by atoms with E-state index in [0.29, 0.717) is 38.3 Å². The van der Waals surface area contributed by atoms with E-state index in [1.165, 1.54) is 0 Å². The summed E-state index contributed by atoms with van der Waals surface area (Å²) in [5.74, 6) is -0.422. The van der Waals surface area contributed by atoms with Gasteiger partial charge in [-0.3, -0.25) is 9.59 Å². The van der Waals surface area contributed by atoms with Crippen molar-refractivity contribution in [3.63, 3.8) is 0 Å². The zero-order valence-electron chi connectivity index (χ0n) is 17.4. The molecule has 2 rings (SSSR count). The minimum atomic E-state index is -0.635. The van der Waals surface area contributed by atoms with Crippen LogP contribution >= 0.6 is 0 Å². The van der Waals surface area contributed by atoms with Crippen LogP contribution in [0, 0.1) is 0 Å². The minimum Gasteiger partial charge on any atom is -0.450 e. The van der Waals surface area contributed by atoms with Crippen LogP contribution in [0.15, 0.2) is 24.3 Å². The van der Waals surface area contributed by atoms with Crippen molar-refractivity contribution in [3.05, 3.63) is 35.4 Å². The molecule has 7 heteroatoms. The molecule has 7 nitrogen and oxygen atoms in total. The SMILES string of the molecule is CCOC(=O)N1CCN(C(=O)[C@@H](C)NC(=O)c2ccc(C(C)(C)C)cc2)CC1. The number of benzene rings is 1. The van der Waals surface area contributed by atoms with Gasteiger partial charge >= 0.3 is 6.09 Å². The first-order valence-corrected chi connectivity index (χ1v) is 9.75. The third-order valence-electron chi connectivity index (χ3n) is 4.85. The highest BCUT2D eigenvalue weighted by atomic mass is 16.6. The van der Waals surface area contributed by atoms with E-state index in [4.69, 9.17) is 4.74 Å². The molecule has 0 spiro atoms.